The number of allylic oxidation sites excluding steroid dienone is 2. The van der Waals surface area contributed by atoms with Gasteiger partial charge in [0.05, 0.1) is 0 Å². The van der Waals surface area contributed by atoms with Crippen molar-refractivity contribution in [2.24, 2.45) is 0 Å². The average molecular weight is 145 g/mol. The lowest BCUT2D eigenvalue weighted by atomic mass is 9.98. The Bertz CT molecular complexity index is 328. The molecule has 0 aromatic carbocycles. The Hall–Kier alpha value is -1.44. The number of ketones is 1. The van der Waals surface area contributed by atoms with Crippen LogP contribution in [0.3, 0.4) is 0 Å². The van der Waals surface area contributed by atoms with E-state index in [0.29, 0.717) is 0 Å². The molecule has 0 aliphatic heterocycles. The van der Waals surface area contributed by atoms with Crippen LogP contribution < -0.4 is 0 Å². The molecule has 0 saturated heterocycles. The molecule has 0 atom stereocenters. The average Bonchev–Trinajstić information content (AvgIpc) is 2.06. The molecule has 0 radical (unpaired) electrons. The van der Waals surface area contributed by atoms with Crippen molar-refractivity contribution in [2.45, 2.75) is 6.42 Å². The molecule has 0 amide bonds. The van der Waals surface area contributed by atoms with Gasteiger partial charge in [-0.2, -0.15) is 0 Å². The molecule has 1 aromatic rings. The van der Waals surface area contributed by atoms with E-state index in [1.165, 1.54) is 0 Å². The normalized spacial score (nSPS) is 14.7. The van der Waals surface area contributed by atoms with Crippen molar-refractivity contribution >= 4 is 5.78 Å². The lowest BCUT2D eigenvalue weighted by Gasteiger charge is -2.06. The van der Waals surface area contributed by atoms with Crippen LogP contribution in [0.5, 0.6) is 0 Å². The van der Waals surface area contributed by atoms with Crippen LogP contribution in [-0.2, 0) is 6.42 Å². The maximum atomic E-state index is 11.2. The quantitative estimate of drug-likeness (QED) is 0.552. The molecule has 1 aliphatic rings. The van der Waals surface area contributed by atoms with E-state index in [-0.39, 0.29) is 5.78 Å². The number of aromatic nitrogens is 1. The molecule has 0 unspecified atom stereocenters. The minimum atomic E-state index is 0.0913. The van der Waals surface area contributed by atoms with Crippen LogP contribution in [0.1, 0.15) is 15.9 Å². The Labute approximate surface area is 64.6 Å². The molecule has 11 heavy (non-hydrogen) atoms. The van der Waals surface area contributed by atoms with E-state index in [0.717, 1.165) is 17.5 Å². The summed E-state index contributed by atoms with van der Waals surface area (Å²) >= 11 is 0. The summed E-state index contributed by atoms with van der Waals surface area (Å²) in [7, 11) is 0. The SMILES string of the molecule is O=C1C=CCc2cnccc21. The van der Waals surface area contributed by atoms with Gasteiger partial charge in [0.2, 0.25) is 0 Å². The second kappa shape index (κ2) is 2.31. The Kier molecular flexibility index (Phi) is 1.32. The first-order valence-corrected chi connectivity index (χ1v) is 3.52. The van der Waals surface area contributed by atoms with Crippen LogP contribution in [0.15, 0.2) is 30.6 Å². The molecule has 1 aromatic heterocycles. The molecule has 0 N–H and O–H groups in total. The molecule has 2 rings (SSSR count). The van der Waals surface area contributed by atoms with Crippen molar-refractivity contribution in [3.63, 3.8) is 0 Å². The predicted octanol–water partition coefficient (Wildman–Crippen LogP) is 1.38. The van der Waals surface area contributed by atoms with E-state index in [1.807, 2.05) is 6.08 Å². The summed E-state index contributed by atoms with van der Waals surface area (Å²) < 4.78 is 0. The van der Waals surface area contributed by atoms with Gasteiger partial charge in [0.1, 0.15) is 0 Å². The molecule has 2 heteroatoms. The molecular weight excluding hydrogens is 138 g/mol. The summed E-state index contributed by atoms with van der Waals surface area (Å²) in [5.74, 6) is 0.0913. The largest absolute Gasteiger partial charge is 0.289 e. The van der Waals surface area contributed by atoms with Gasteiger partial charge < -0.3 is 0 Å². The number of rotatable bonds is 0. The lowest BCUT2D eigenvalue weighted by molar-refractivity contribution is 0.104. The zero-order valence-electron chi connectivity index (χ0n) is 5.95. The summed E-state index contributed by atoms with van der Waals surface area (Å²) in [5.41, 5.74) is 1.82. The van der Waals surface area contributed by atoms with Crippen molar-refractivity contribution in [2.75, 3.05) is 0 Å². The fourth-order valence-electron chi connectivity index (χ4n) is 1.21. The van der Waals surface area contributed by atoms with Gasteiger partial charge in [-0.15, -0.1) is 0 Å². The van der Waals surface area contributed by atoms with Gasteiger partial charge in [-0.3, -0.25) is 9.78 Å². The van der Waals surface area contributed by atoms with Gasteiger partial charge in [-0.1, -0.05) is 6.08 Å². The number of carbonyl (C=O) groups is 1. The number of carbonyl (C=O) groups excluding carboxylic acids is 1. The van der Waals surface area contributed by atoms with E-state index < -0.39 is 0 Å². The zero-order valence-corrected chi connectivity index (χ0v) is 5.95. The van der Waals surface area contributed by atoms with Gasteiger partial charge in [-0.25, -0.2) is 0 Å². The van der Waals surface area contributed by atoms with Crippen LogP contribution in [0.2, 0.25) is 0 Å². The van der Waals surface area contributed by atoms with Crippen LogP contribution in [0.4, 0.5) is 0 Å². The van der Waals surface area contributed by atoms with Crippen molar-refractivity contribution in [3.8, 4) is 0 Å². The summed E-state index contributed by atoms with van der Waals surface area (Å²) in [6, 6.07) is 1.77. The number of fused-ring (bicyclic) bond motifs is 1. The Morgan fingerprint density at radius 3 is 3.18 bits per heavy atom. The highest BCUT2D eigenvalue weighted by molar-refractivity contribution is 6.06. The highest BCUT2D eigenvalue weighted by Gasteiger charge is 2.10. The molecule has 0 fully saturated rings. The Morgan fingerprint density at radius 2 is 2.36 bits per heavy atom. The third-order valence-corrected chi connectivity index (χ3v) is 1.78. The van der Waals surface area contributed by atoms with Crippen LogP contribution in [-0.4, -0.2) is 10.8 Å². The second-order valence-corrected chi connectivity index (χ2v) is 2.50. The topological polar surface area (TPSA) is 30.0 Å². The van der Waals surface area contributed by atoms with Gasteiger partial charge in [0, 0.05) is 18.0 Å². The molecular formula is C9H7NO. The van der Waals surface area contributed by atoms with E-state index in [2.05, 4.69) is 4.98 Å². The fraction of sp³-hybridized carbons (Fsp3) is 0.111. The second-order valence-electron chi connectivity index (χ2n) is 2.50. The first-order valence-electron chi connectivity index (χ1n) is 3.52. The molecule has 0 spiro atoms. The van der Waals surface area contributed by atoms with Crippen LogP contribution in [0, 0.1) is 0 Å². The van der Waals surface area contributed by atoms with Gasteiger partial charge in [0.15, 0.2) is 5.78 Å². The predicted molar refractivity (Wildman–Crippen MR) is 41.4 cm³/mol. The molecule has 1 heterocycles. The highest BCUT2D eigenvalue weighted by atomic mass is 16.1. The molecule has 54 valence electrons. The summed E-state index contributed by atoms with van der Waals surface area (Å²) in [6.45, 7) is 0. The van der Waals surface area contributed by atoms with Gasteiger partial charge in [-0.05, 0) is 24.1 Å². The third-order valence-electron chi connectivity index (χ3n) is 1.78. The number of pyridine rings is 1. The van der Waals surface area contributed by atoms with Crippen molar-refractivity contribution < 1.29 is 4.79 Å². The first-order chi connectivity index (χ1) is 5.38. The van der Waals surface area contributed by atoms with Crippen LogP contribution >= 0.6 is 0 Å². The Morgan fingerprint density at radius 1 is 1.45 bits per heavy atom. The van der Waals surface area contributed by atoms with E-state index in [1.54, 1.807) is 24.5 Å². The smallest absolute Gasteiger partial charge is 0.185 e. The Balaban J connectivity index is 2.59. The minimum absolute atomic E-state index is 0.0913. The fourth-order valence-corrected chi connectivity index (χ4v) is 1.21. The van der Waals surface area contributed by atoms with Gasteiger partial charge >= 0.3 is 0 Å². The third kappa shape index (κ3) is 0.963. The number of hydrogen-bond donors (Lipinski definition) is 0. The molecule has 2 nitrogen and oxygen atoms in total. The zero-order chi connectivity index (χ0) is 7.68. The van der Waals surface area contributed by atoms with Crippen molar-refractivity contribution in [3.05, 3.63) is 41.7 Å². The maximum absolute atomic E-state index is 11.2. The highest BCUT2D eigenvalue weighted by Crippen LogP contribution is 2.13. The molecule has 0 saturated carbocycles. The minimum Gasteiger partial charge on any atom is -0.289 e. The molecule has 0 bridgehead atoms. The van der Waals surface area contributed by atoms with Crippen molar-refractivity contribution in [1.82, 2.24) is 4.98 Å². The summed E-state index contributed by atoms with van der Waals surface area (Å²) in [5, 5.41) is 0. The van der Waals surface area contributed by atoms with Gasteiger partial charge in [0.25, 0.3) is 0 Å². The lowest BCUT2D eigenvalue weighted by Crippen LogP contribution is -2.05. The first kappa shape index (κ1) is 6.28. The van der Waals surface area contributed by atoms with E-state index >= 15 is 0 Å². The van der Waals surface area contributed by atoms with E-state index in [4.69, 9.17) is 0 Å². The number of hydrogen-bond acceptors (Lipinski definition) is 2. The standard InChI is InChI=1S/C9H7NO/c11-9-3-1-2-7-6-10-5-4-8(7)9/h1,3-6H,2H2. The van der Waals surface area contributed by atoms with E-state index in [9.17, 15) is 4.79 Å². The number of nitrogens with zero attached hydrogens (tertiary/aromatic N) is 1. The molecule has 1 aliphatic carbocycles. The van der Waals surface area contributed by atoms with Crippen molar-refractivity contribution in [1.29, 1.82) is 0 Å². The summed E-state index contributed by atoms with van der Waals surface area (Å²) in [4.78, 5) is 15.1. The maximum Gasteiger partial charge on any atom is 0.185 e. The summed E-state index contributed by atoms with van der Waals surface area (Å²) in [6.07, 6.45) is 7.70. The monoisotopic (exact) mass is 145 g/mol. The van der Waals surface area contributed by atoms with Crippen LogP contribution in [0.25, 0.3) is 0 Å².